The number of nitrogens with one attached hydrogen (secondary N) is 2. The quantitative estimate of drug-likeness (QED) is 0.107. The van der Waals surface area contributed by atoms with Gasteiger partial charge in [0, 0.05) is 42.2 Å². The lowest BCUT2D eigenvalue weighted by atomic mass is 10.0. The van der Waals surface area contributed by atoms with Gasteiger partial charge in [-0.3, -0.25) is 9.59 Å². The van der Waals surface area contributed by atoms with E-state index in [-0.39, 0.29) is 52.5 Å². The number of hydrogen-bond donors (Lipinski definition) is 3. The van der Waals surface area contributed by atoms with Crippen molar-refractivity contribution in [2.24, 2.45) is 0 Å². The summed E-state index contributed by atoms with van der Waals surface area (Å²) in [6.07, 6.45) is 0.609. The van der Waals surface area contributed by atoms with E-state index in [1.54, 1.807) is 71.9 Å². The number of halogens is 1. The Kier molecular flexibility index (Phi) is 13.0. The Labute approximate surface area is 341 Å². The molecule has 4 amide bonds. The summed E-state index contributed by atoms with van der Waals surface area (Å²) in [6, 6.07) is 14.0. The highest BCUT2D eigenvalue weighted by atomic mass is 32.2. The van der Waals surface area contributed by atoms with Crippen LogP contribution in [0.2, 0.25) is 0 Å². The summed E-state index contributed by atoms with van der Waals surface area (Å²) in [7, 11) is -2.04. The molecule has 1 saturated carbocycles. The van der Waals surface area contributed by atoms with Crippen molar-refractivity contribution in [3.8, 4) is 0 Å². The van der Waals surface area contributed by atoms with Crippen molar-refractivity contribution in [1.29, 1.82) is 0 Å². The number of anilines is 3. The molecule has 0 bridgehead atoms. The minimum Gasteiger partial charge on any atom is -0.479 e. The number of aromatic nitrogens is 1. The maximum atomic E-state index is 15.4. The summed E-state index contributed by atoms with van der Waals surface area (Å²) in [6.45, 7) is 9.71. The van der Waals surface area contributed by atoms with E-state index in [0.29, 0.717) is 46.5 Å². The average molecular weight is 834 g/mol. The van der Waals surface area contributed by atoms with Crippen molar-refractivity contribution in [1.82, 2.24) is 9.88 Å². The monoisotopic (exact) mass is 833 g/mol. The topological polar surface area (TPSA) is 202 Å². The number of amides is 4. The number of carboxylic acids is 1. The van der Waals surface area contributed by atoms with Crippen LogP contribution < -0.4 is 15.5 Å². The standard InChI is InChI=1S/C42H48FN5O10S/c1-41(2,3)57-39(53)48(40(54)58-42(4,5)6)37-31-16-12-29(21-32(31)33(43)22-44-37)46-36(38(51)52)26-10-8-9-25(19-26)11-18-35(50)45-28-13-17-34(59(55,56)30-14-15-30)27(20-28)23-47(7)24-49/h8-10,12-13,16-17,19-22,24,30,36,46H,11,14-15,18,23H2,1-7H3,(H,45,50)(H,51,52). The molecule has 314 valence electrons. The third-order valence-corrected chi connectivity index (χ3v) is 11.2. The van der Waals surface area contributed by atoms with Crippen molar-refractivity contribution in [2.45, 2.75) is 101 Å². The van der Waals surface area contributed by atoms with E-state index in [0.717, 1.165) is 6.20 Å². The lowest BCUT2D eigenvalue weighted by molar-refractivity contribution is -0.138. The fourth-order valence-electron chi connectivity index (χ4n) is 6.11. The number of imide groups is 1. The number of carbonyl (C=O) groups excluding carboxylic acids is 4. The van der Waals surface area contributed by atoms with Gasteiger partial charge in [-0.05, 0) is 114 Å². The highest BCUT2D eigenvalue weighted by molar-refractivity contribution is 7.92. The third-order valence-electron chi connectivity index (χ3n) is 8.88. The molecule has 1 heterocycles. The molecule has 1 atom stereocenters. The number of hydrogen-bond acceptors (Lipinski definition) is 11. The highest BCUT2D eigenvalue weighted by Gasteiger charge is 2.38. The van der Waals surface area contributed by atoms with Gasteiger partial charge < -0.3 is 30.1 Å². The predicted octanol–water partition coefficient (Wildman–Crippen LogP) is 7.38. The molecule has 1 fully saturated rings. The van der Waals surface area contributed by atoms with Gasteiger partial charge in [0.1, 0.15) is 17.0 Å². The lowest BCUT2D eigenvalue weighted by Gasteiger charge is -2.28. The van der Waals surface area contributed by atoms with Crippen LogP contribution in [-0.2, 0) is 46.7 Å². The molecule has 1 aliphatic carbocycles. The number of sulfone groups is 1. The number of carbonyl (C=O) groups is 5. The predicted molar refractivity (Wildman–Crippen MR) is 218 cm³/mol. The van der Waals surface area contributed by atoms with Gasteiger partial charge in [-0.1, -0.05) is 24.3 Å². The number of rotatable bonds is 14. The van der Waals surface area contributed by atoms with Crippen LogP contribution in [0.25, 0.3) is 10.8 Å². The summed E-state index contributed by atoms with van der Waals surface area (Å²) in [5, 5.41) is 15.5. The molecule has 0 spiro atoms. The van der Waals surface area contributed by atoms with E-state index < -0.39 is 56.3 Å². The van der Waals surface area contributed by atoms with Crippen LogP contribution in [0, 0.1) is 5.82 Å². The van der Waals surface area contributed by atoms with Crippen molar-refractivity contribution < 1.29 is 51.4 Å². The smallest absolute Gasteiger partial charge is 0.425 e. The molecule has 1 aliphatic rings. The zero-order valence-electron chi connectivity index (χ0n) is 33.9. The molecule has 5 rings (SSSR count). The normalized spacial score (nSPS) is 13.6. The van der Waals surface area contributed by atoms with Gasteiger partial charge in [-0.25, -0.2) is 32.2 Å². The van der Waals surface area contributed by atoms with Crippen LogP contribution in [0.1, 0.15) is 83.5 Å². The summed E-state index contributed by atoms with van der Waals surface area (Å²) in [4.78, 5) is 69.6. The first-order chi connectivity index (χ1) is 27.6. The fourth-order valence-corrected chi connectivity index (χ4v) is 7.97. The van der Waals surface area contributed by atoms with E-state index in [4.69, 9.17) is 9.47 Å². The van der Waals surface area contributed by atoms with Crippen molar-refractivity contribution in [3.63, 3.8) is 0 Å². The van der Waals surface area contributed by atoms with Crippen molar-refractivity contribution >= 4 is 68.3 Å². The number of benzene rings is 3. The number of aryl methyl sites for hydroxylation is 1. The first-order valence-electron chi connectivity index (χ1n) is 18.8. The molecule has 0 radical (unpaired) electrons. The van der Waals surface area contributed by atoms with Crippen molar-refractivity contribution in [3.05, 3.63) is 89.4 Å². The van der Waals surface area contributed by atoms with Gasteiger partial charge in [-0.2, -0.15) is 4.90 Å². The van der Waals surface area contributed by atoms with Crippen LogP contribution in [0.5, 0.6) is 0 Å². The first kappa shape index (κ1) is 44.0. The average Bonchev–Trinajstić information content (AvgIpc) is 4.00. The van der Waals surface area contributed by atoms with Gasteiger partial charge in [0.2, 0.25) is 12.3 Å². The minimum atomic E-state index is -3.57. The molecule has 59 heavy (non-hydrogen) atoms. The number of nitrogens with zero attached hydrogens (tertiary/aromatic N) is 3. The maximum absolute atomic E-state index is 15.4. The highest BCUT2D eigenvalue weighted by Crippen LogP contribution is 2.36. The Morgan fingerprint density at radius 2 is 1.58 bits per heavy atom. The summed E-state index contributed by atoms with van der Waals surface area (Å²) in [5.41, 5.74) is -0.0761. The van der Waals surface area contributed by atoms with Gasteiger partial charge in [0.15, 0.2) is 21.7 Å². The summed E-state index contributed by atoms with van der Waals surface area (Å²) in [5.74, 6) is -2.69. The van der Waals surface area contributed by atoms with E-state index >= 15 is 4.39 Å². The number of aliphatic carboxylic acids is 1. The number of carboxylic acid groups (broad SMARTS) is 1. The fraction of sp³-hybridized carbons (Fsp3) is 0.381. The van der Waals surface area contributed by atoms with Gasteiger partial charge >= 0.3 is 18.2 Å². The third kappa shape index (κ3) is 11.3. The largest absolute Gasteiger partial charge is 0.479 e. The van der Waals surface area contributed by atoms with E-state index in [1.165, 1.54) is 42.3 Å². The number of ether oxygens (including phenoxy) is 2. The molecule has 3 aromatic carbocycles. The molecule has 1 aromatic heterocycles. The second-order valence-electron chi connectivity index (χ2n) is 16.3. The van der Waals surface area contributed by atoms with Crippen LogP contribution in [0.15, 0.2) is 71.8 Å². The lowest BCUT2D eigenvalue weighted by Crippen LogP contribution is -2.44. The second-order valence-corrected chi connectivity index (χ2v) is 18.5. The Morgan fingerprint density at radius 1 is 0.932 bits per heavy atom. The Bertz CT molecular complexity index is 2360. The Balaban J connectivity index is 1.34. The van der Waals surface area contributed by atoms with Crippen molar-refractivity contribution in [2.75, 3.05) is 22.6 Å². The van der Waals surface area contributed by atoms with Crippen LogP contribution in [0.4, 0.5) is 31.2 Å². The maximum Gasteiger partial charge on any atom is 0.425 e. The molecule has 15 nitrogen and oxygen atoms in total. The molecule has 0 saturated heterocycles. The Morgan fingerprint density at radius 3 is 2.17 bits per heavy atom. The number of pyridine rings is 1. The molecule has 17 heteroatoms. The van der Waals surface area contributed by atoms with Gasteiger partial charge in [0.05, 0.1) is 16.3 Å². The second kappa shape index (κ2) is 17.4. The van der Waals surface area contributed by atoms with Gasteiger partial charge in [-0.15, -0.1) is 0 Å². The minimum absolute atomic E-state index is 0.00421. The number of fused-ring (bicyclic) bond motifs is 1. The van der Waals surface area contributed by atoms with Crippen LogP contribution >= 0.6 is 0 Å². The van der Waals surface area contributed by atoms with Gasteiger partial charge in [0.25, 0.3) is 0 Å². The summed E-state index contributed by atoms with van der Waals surface area (Å²) >= 11 is 0. The molecule has 3 N–H and O–H groups in total. The zero-order valence-corrected chi connectivity index (χ0v) is 34.7. The van der Waals surface area contributed by atoms with E-state index in [1.807, 2.05) is 0 Å². The summed E-state index contributed by atoms with van der Waals surface area (Å²) < 4.78 is 52.3. The van der Waals surface area contributed by atoms with E-state index in [9.17, 15) is 37.5 Å². The van der Waals surface area contributed by atoms with Crippen LogP contribution in [-0.4, -0.2) is 77.4 Å². The molecule has 0 aliphatic heterocycles. The molecule has 4 aromatic rings. The SMILES string of the molecule is CN(C=O)Cc1cc(NC(=O)CCc2cccc(C(Nc3ccc4c(N(C(=O)OC(C)(C)C)C(=O)OC(C)(C)C)ncc(F)c4c3)C(=O)O)c2)ccc1S(=O)(=O)C1CC1. The molecular weight excluding hydrogens is 786 g/mol. The first-order valence-corrected chi connectivity index (χ1v) is 20.4. The van der Waals surface area contributed by atoms with Crippen LogP contribution in [0.3, 0.4) is 0 Å². The Hall–Kier alpha value is -6.10. The zero-order chi connectivity index (χ0) is 43.4. The molecular formula is C42H48FN5O10S. The molecule has 1 unspecified atom stereocenters. The van der Waals surface area contributed by atoms with E-state index in [2.05, 4.69) is 15.6 Å².